The number of ether oxygens (including phenoxy) is 1. The number of para-hydroxylation sites is 1. The number of aromatic nitrogens is 5. The molecule has 2 saturated heterocycles. The summed E-state index contributed by atoms with van der Waals surface area (Å²) < 4.78 is 23.0. The number of anilines is 1. The highest BCUT2D eigenvalue weighted by molar-refractivity contribution is 6.01. The number of rotatable bonds is 7. The highest BCUT2D eigenvalue weighted by atomic mass is 19.1. The number of halogens is 1. The Hall–Kier alpha value is -5.23. The van der Waals surface area contributed by atoms with Gasteiger partial charge in [0.05, 0.1) is 23.5 Å². The fourth-order valence-corrected chi connectivity index (χ4v) is 6.24. The van der Waals surface area contributed by atoms with Crippen LogP contribution in [0.2, 0.25) is 0 Å². The molecule has 0 saturated carbocycles. The van der Waals surface area contributed by atoms with Crippen molar-refractivity contribution in [2.45, 2.75) is 44.2 Å². The molecule has 5 aromatic rings. The molecular formula is C33H31FN8O3. The van der Waals surface area contributed by atoms with Crippen molar-refractivity contribution in [2.24, 2.45) is 0 Å². The molecule has 228 valence electrons. The smallest absolute Gasteiger partial charge is 0.234 e. The van der Waals surface area contributed by atoms with E-state index < -0.39 is 17.6 Å². The molecule has 7 rings (SSSR count). The van der Waals surface area contributed by atoms with Crippen LogP contribution in [-0.2, 0) is 16.1 Å². The van der Waals surface area contributed by atoms with E-state index in [9.17, 15) is 9.59 Å². The van der Waals surface area contributed by atoms with E-state index in [1.165, 1.54) is 12.5 Å². The summed E-state index contributed by atoms with van der Waals surface area (Å²) in [6.45, 7) is 1.71. The lowest BCUT2D eigenvalue weighted by molar-refractivity contribution is -0.134. The van der Waals surface area contributed by atoms with Gasteiger partial charge in [-0.2, -0.15) is 5.10 Å². The maximum atomic E-state index is 15.1. The molecule has 3 aromatic heterocycles. The molecule has 0 spiro atoms. The number of fused-ring (bicyclic) bond motifs is 1. The summed E-state index contributed by atoms with van der Waals surface area (Å²) in [6.07, 6.45) is 6.25. The van der Waals surface area contributed by atoms with Crippen LogP contribution in [-0.4, -0.2) is 54.5 Å². The van der Waals surface area contributed by atoms with Gasteiger partial charge in [0.15, 0.2) is 5.65 Å². The van der Waals surface area contributed by atoms with Crippen molar-refractivity contribution in [1.29, 1.82) is 0 Å². The quantitative estimate of drug-likeness (QED) is 0.251. The van der Waals surface area contributed by atoms with E-state index in [4.69, 9.17) is 15.6 Å². The number of imide groups is 1. The number of carbonyl (C=O) groups excluding carboxylic acids is 2. The van der Waals surface area contributed by atoms with Crippen molar-refractivity contribution < 1.29 is 18.7 Å². The van der Waals surface area contributed by atoms with Crippen LogP contribution in [0, 0.1) is 5.82 Å². The van der Waals surface area contributed by atoms with Gasteiger partial charge in [0, 0.05) is 43.4 Å². The van der Waals surface area contributed by atoms with Gasteiger partial charge in [-0.1, -0.05) is 18.2 Å². The third-order valence-electron chi connectivity index (χ3n) is 8.56. The molecule has 11 nitrogen and oxygen atoms in total. The number of nitrogen functional groups attached to an aromatic ring is 1. The summed E-state index contributed by atoms with van der Waals surface area (Å²) in [5.41, 5.74) is 9.58. The van der Waals surface area contributed by atoms with Crippen LogP contribution in [0.5, 0.6) is 11.5 Å². The Morgan fingerprint density at radius 1 is 0.956 bits per heavy atom. The second-order valence-electron chi connectivity index (χ2n) is 11.4. The SMILES string of the molecule is Nc1ncnc2c1c(-c1ccc(Oc3ccccc3)cc1)nn2C1CCN(Cc2c(F)cncc2C2CCC(=O)NC2=O)CC1. The normalized spacial score (nSPS) is 17.8. The topological polar surface area (TPSA) is 141 Å². The number of piperidine rings is 2. The maximum Gasteiger partial charge on any atom is 0.234 e. The predicted octanol–water partition coefficient (Wildman–Crippen LogP) is 4.76. The Morgan fingerprint density at radius 3 is 2.47 bits per heavy atom. The molecule has 45 heavy (non-hydrogen) atoms. The van der Waals surface area contributed by atoms with Crippen LogP contribution >= 0.6 is 0 Å². The van der Waals surface area contributed by atoms with Crippen LogP contribution in [0.4, 0.5) is 10.2 Å². The number of hydrogen-bond acceptors (Lipinski definition) is 9. The van der Waals surface area contributed by atoms with Gasteiger partial charge in [0.2, 0.25) is 11.8 Å². The van der Waals surface area contributed by atoms with Gasteiger partial charge in [-0.25, -0.2) is 19.0 Å². The number of benzene rings is 2. The lowest BCUT2D eigenvalue weighted by atomic mass is 9.88. The molecule has 2 amide bonds. The zero-order valence-electron chi connectivity index (χ0n) is 24.4. The first kappa shape index (κ1) is 28.5. The fourth-order valence-electron chi connectivity index (χ4n) is 6.24. The Labute approximate surface area is 258 Å². The van der Waals surface area contributed by atoms with Gasteiger partial charge >= 0.3 is 0 Å². The Balaban J connectivity index is 1.09. The molecule has 5 heterocycles. The Morgan fingerprint density at radius 2 is 1.71 bits per heavy atom. The number of pyridine rings is 1. The number of carbonyl (C=O) groups is 2. The van der Waals surface area contributed by atoms with Crippen molar-refractivity contribution >= 4 is 28.7 Å². The monoisotopic (exact) mass is 606 g/mol. The molecule has 0 aliphatic carbocycles. The average molecular weight is 607 g/mol. The van der Waals surface area contributed by atoms with E-state index >= 15 is 4.39 Å². The molecule has 12 heteroatoms. The van der Waals surface area contributed by atoms with Crippen molar-refractivity contribution in [3.63, 3.8) is 0 Å². The first-order chi connectivity index (χ1) is 21.9. The first-order valence-electron chi connectivity index (χ1n) is 14.9. The van der Waals surface area contributed by atoms with Crippen LogP contribution < -0.4 is 15.8 Å². The molecule has 0 bridgehead atoms. The van der Waals surface area contributed by atoms with Gasteiger partial charge < -0.3 is 10.5 Å². The van der Waals surface area contributed by atoms with Crippen LogP contribution in [0.3, 0.4) is 0 Å². The molecule has 2 aromatic carbocycles. The van der Waals surface area contributed by atoms with Crippen molar-refractivity contribution in [2.75, 3.05) is 18.8 Å². The van der Waals surface area contributed by atoms with E-state index in [-0.39, 0.29) is 18.4 Å². The van der Waals surface area contributed by atoms with Gasteiger partial charge in [-0.3, -0.25) is 24.8 Å². The number of nitrogens with one attached hydrogen (secondary N) is 1. The molecule has 1 unspecified atom stereocenters. The van der Waals surface area contributed by atoms with Gasteiger partial charge in [0.1, 0.15) is 35.2 Å². The lowest BCUT2D eigenvalue weighted by Crippen LogP contribution is -2.40. The minimum absolute atomic E-state index is 0.0457. The highest BCUT2D eigenvalue weighted by Gasteiger charge is 2.32. The van der Waals surface area contributed by atoms with E-state index in [0.29, 0.717) is 65.5 Å². The van der Waals surface area contributed by atoms with Crippen LogP contribution in [0.1, 0.15) is 48.8 Å². The third kappa shape index (κ3) is 5.72. The third-order valence-corrected chi connectivity index (χ3v) is 8.56. The summed E-state index contributed by atoms with van der Waals surface area (Å²) in [5, 5.41) is 8.07. The minimum atomic E-state index is -0.601. The first-order valence-corrected chi connectivity index (χ1v) is 14.9. The van der Waals surface area contributed by atoms with E-state index in [1.54, 1.807) is 6.20 Å². The molecular weight excluding hydrogens is 575 g/mol. The van der Waals surface area contributed by atoms with E-state index in [2.05, 4.69) is 25.2 Å². The molecule has 0 radical (unpaired) electrons. The zero-order valence-corrected chi connectivity index (χ0v) is 24.4. The number of amides is 2. The standard InChI is InChI=1S/C33H31FN8O3/c34-27-17-36-16-25(24-10-11-28(43)39-33(24)44)26(27)18-41-14-12-21(13-15-41)42-32-29(31(35)37-19-38-32)30(40-42)20-6-8-23(9-7-20)45-22-4-2-1-3-5-22/h1-9,16-17,19,21,24H,10-15,18H2,(H2,35,37,38)(H,39,43,44). The molecule has 3 N–H and O–H groups in total. The van der Waals surface area contributed by atoms with Crippen LogP contribution in [0.15, 0.2) is 73.3 Å². The average Bonchev–Trinajstić information content (AvgIpc) is 3.44. The molecule has 2 fully saturated rings. The second kappa shape index (κ2) is 12.0. The van der Waals surface area contributed by atoms with E-state index in [1.807, 2.05) is 59.3 Å². The van der Waals surface area contributed by atoms with Crippen LogP contribution in [0.25, 0.3) is 22.3 Å². The number of nitrogens with two attached hydrogens (primary N) is 1. The summed E-state index contributed by atoms with van der Waals surface area (Å²) in [7, 11) is 0. The second-order valence-corrected chi connectivity index (χ2v) is 11.4. The largest absolute Gasteiger partial charge is 0.457 e. The Kier molecular flexibility index (Phi) is 7.64. The number of likely N-dealkylation sites (tertiary alicyclic amines) is 1. The number of hydrogen-bond donors (Lipinski definition) is 2. The summed E-state index contributed by atoms with van der Waals surface area (Å²) in [5.74, 6) is 0.0574. The van der Waals surface area contributed by atoms with Crippen molar-refractivity contribution in [3.05, 3.63) is 90.3 Å². The highest BCUT2D eigenvalue weighted by Crippen LogP contribution is 2.36. The van der Waals surface area contributed by atoms with Crippen molar-refractivity contribution in [1.82, 2.24) is 34.9 Å². The van der Waals surface area contributed by atoms with Crippen molar-refractivity contribution in [3.8, 4) is 22.8 Å². The lowest BCUT2D eigenvalue weighted by Gasteiger charge is -2.33. The zero-order chi connectivity index (χ0) is 30.9. The molecule has 1 atom stereocenters. The van der Waals surface area contributed by atoms with Gasteiger partial charge in [-0.05, 0) is 61.2 Å². The summed E-state index contributed by atoms with van der Waals surface area (Å²) >= 11 is 0. The Bertz CT molecular complexity index is 1870. The van der Waals surface area contributed by atoms with E-state index in [0.717, 1.165) is 24.2 Å². The number of nitrogens with zero attached hydrogens (tertiary/aromatic N) is 6. The van der Waals surface area contributed by atoms with Gasteiger partial charge in [-0.15, -0.1) is 0 Å². The summed E-state index contributed by atoms with van der Waals surface area (Å²) in [4.78, 5) is 39.2. The summed E-state index contributed by atoms with van der Waals surface area (Å²) in [6, 6.07) is 17.3. The maximum absolute atomic E-state index is 15.1. The fraction of sp³-hybridized carbons (Fsp3) is 0.273. The molecule has 2 aliphatic rings. The molecule has 2 aliphatic heterocycles. The minimum Gasteiger partial charge on any atom is -0.457 e. The predicted molar refractivity (Wildman–Crippen MR) is 165 cm³/mol. The van der Waals surface area contributed by atoms with Gasteiger partial charge in [0.25, 0.3) is 0 Å².